The minimum Gasteiger partial charge on any atom is -0.319 e. The Hall–Kier alpha value is -0.410. The number of thiazole rings is 1. The summed E-state index contributed by atoms with van der Waals surface area (Å²) in [6.07, 6.45) is 7.23. The Morgan fingerprint density at radius 2 is 2.12 bits per heavy atom. The molecular formula is C13H22N2S. The fourth-order valence-corrected chi connectivity index (χ4v) is 3.46. The van der Waals surface area contributed by atoms with Gasteiger partial charge in [0, 0.05) is 5.38 Å². The predicted octanol–water partition coefficient (Wildman–Crippen LogP) is 3.77. The molecule has 0 saturated heterocycles. The third kappa shape index (κ3) is 2.30. The number of hydrogen-bond donors (Lipinski definition) is 1. The molecule has 0 amide bonds. The number of nitrogens with two attached hydrogens (primary N) is 1. The molecule has 1 fully saturated rings. The smallest absolute Gasteiger partial charge is 0.113 e. The van der Waals surface area contributed by atoms with Crippen LogP contribution in [-0.4, -0.2) is 4.98 Å². The number of hydrogen-bond acceptors (Lipinski definition) is 3. The monoisotopic (exact) mass is 238 g/mol. The first-order valence-electron chi connectivity index (χ1n) is 6.40. The van der Waals surface area contributed by atoms with E-state index >= 15 is 0 Å². The number of rotatable bonds is 3. The maximum atomic E-state index is 6.48. The van der Waals surface area contributed by atoms with Crippen LogP contribution in [0.1, 0.15) is 69.0 Å². The lowest BCUT2D eigenvalue weighted by Gasteiger charge is -2.31. The van der Waals surface area contributed by atoms with Gasteiger partial charge >= 0.3 is 0 Å². The van der Waals surface area contributed by atoms with E-state index in [1.165, 1.54) is 30.0 Å². The quantitative estimate of drug-likeness (QED) is 0.870. The van der Waals surface area contributed by atoms with Gasteiger partial charge in [0.05, 0.1) is 11.2 Å². The van der Waals surface area contributed by atoms with Gasteiger partial charge in [-0.3, -0.25) is 0 Å². The van der Waals surface area contributed by atoms with Gasteiger partial charge in [-0.2, -0.15) is 0 Å². The number of aromatic nitrogens is 1. The highest BCUT2D eigenvalue weighted by Crippen LogP contribution is 2.37. The Labute approximate surface area is 102 Å². The lowest BCUT2D eigenvalue weighted by Crippen LogP contribution is -2.38. The van der Waals surface area contributed by atoms with Crippen molar-refractivity contribution < 1.29 is 0 Å². The van der Waals surface area contributed by atoms with Crippen molar-refractivity contribution in [3.05, 3.63) is 16.1 Å². The molecule has 90 valence electrons. The summed E-state index contributed by atoms with van der Waals surface area (Å²) in [4.78, 5) is 4.77. The van der Waals surface area contributed by atoms with Crippen molar-refractivity contribution >= 4 is 11.3 Å². The zero-order valence-electron chi connectivity index (χ0n) is 10.3. The molecule has 1 aliphatic rings. The van der Waals surface area contributed by atoms with E-state index in [1.54, 1.807) is 11.3 Å². The third-order valence-corrected chi connectivity index (χ3v) is 4.89. The van der Waals surface area contributed by atoms with E-state index in [4.69, 9.17) is 10.7 Å². The second kappa shape index (κ2) is 4.84. The largest absolute Gasteiger partial charge is 0.319 e. The average Bonchev–Trinajstić information content (AvgIpc) is 2.79. The Morgan fingerprint density at radius 3 is 2.75 bits per heavy atom. The van der Waals surface area contributed by atoms with Gasteiger partial charge in [0.2, 0.25) is 0 Å². The molecule has 0 aromatic carbocycles. The molecule has 0 spiro atoms. The Kier molecular flexibility index (Phi) is 3.65. The molecule has 2 N–H and O–H groups in total. The molecule has 2 rings (SSSR count). The van der Waals surface area contributed by atoms with E-state index in [0.717, 1.165) is 19.3 Å². The molecule has 0 radical (unpaired) electrons. The van der Waals surface area contributed by atoms with E-state index in [-0.39, 0.29) is 5.54 Å². The molecule has 0 aliphatic heterocycles. The first kappa shape index (κ1) is 12.1. The van der Waals surface area contributed by atoms with E-state index in [1.807, 2.05) is 0 Å². The topological polar surface area (TPSA) is 38.9 Å². The van der Waals surface area contributed by atoms with Crippen LogP contribution in [0.4, 0.5) is 0 Å². The predicted molar refractivity (Wildman–Crippen MR) is 69.8 cm³/mol. The molecule has 16 heavy (non-hydrogen) atoms. The van der Waals surface area contributed by atoms with Crippen LogP contribution in [0, 0.1) is 0 Å². The Morgan fingerprint density at radius 1 is 1.44 bits per heavy atom. The highest BCUT2D eigenvalue weighted by molar-refractivity contribution is 7.09. The van der Waals surface area contributed by atoms with Crippen molar-refractivity contribution in [2.45, 2.75) is 63.8 Å². The molecule has 1 saturated carbocycles. The van der Waals surface area contributed by atoms with Crippen LogP contribution in [0.3, 0.4) is 0 Å². The first-order chi connectivity index (χ1) is 7.65. The van der Waals surface area contributed by atoms with Crippen LogP contribution in [0.5, 0.6) is 0 Å². The van der Waals surface area contributed by atoms with Gasteiger partial charge in [-0.25, -0.2) is 4.98 Å². The van der Waals surface area contributed by atoms with Gasteiger partial charge in [-0.1, -0.05) is 33.1 Å². The van der Waals surface area contributed by atoms with Crippen molar-refractivity contribution in [3.63, 3.8) is 0 Å². The Balaban J connectivity index is 2.17. The summed E-state index contributed by atoms with van der Waals surface area (Å²) in [5, 5.41) is 3.37. The van der Waals surface area contributed by atoms with Crippen molar-refractivity contribution in [3.8, 4) is 0 Å². The van der Waals surface area contributed by atoms with E-state index < -0.39 is 0 Å². The standard InChI is InChI=1S/C13H22N2S/c1-3-10(2)11-9-16-12(15-11)13(14)7-5-4-6-8-13/h9-10H,3-8,14H2,1-2H3. The van der Waals surface area contributed by atoms with Crippen molar-refractivity contribution in [1.82, 2.24) is 4.98 Å². The van der Waals surface area contributed by atoms with Gasteiger partial charge in [-0.15, -0.1) is 11.3 Å². The second-order valence-electron chi connectivity index (χ2n) is 5.10. The van der Waals surface area contributed by atoms with E-state index in [0.29, 0.717) is 5.92 Å². The van der Waals surface area contributed by atoms with Crippen LogP contribution in [0.25, 0.3) is 0 Å². The van der Waals surface area contributed by atoms with Crippen LogP contribution >= 0.6 is 11.3 Å². The summed E-state index contributed by atoms with van der Waals surface area (Å²) in [6, 6.07) is 0. The highest BCUT2D eigenvalue weighted by Gasteiger charge is 2.32. The lowest BCUT2D eigenvalue weighted by atomic mass is 9.83. The molecule has 1 aromatic rings. The molecule has 3 heteroatoms. The highest BCUT2D eigenvalue weighted by atomic mass is 32.1. The van der Waals surface area contributed by atoms with Gasteiger partial charge in [-0.05, 0) is 25.2 Å². The summed E-state index contributed by atoms with van der Waals surface area (Å²) < 4.78 is 0. The van der Waals surface area contributed by atoms with Gasteiger partial charge in [0.1, 0.15) is 5.01 Å². The van der Waals surface area contributed by atoms with Gasteiger partial charge in [0.25, 0.3) is 0 Å². The molecular weight excluding hydrogens is 216 g/mol. The van der Waals surface area contributed by atoms with Gasteiger partial charge in [0.15, 0.2) is 0 Å². The number of nitrogens with zero attached hydrogens (tertiary/aromatic N) is 1. The second-order valence-corrected chi connectivity index (χ2v) is 5.96. The summed E-state index contributed by atoms with van der Waals surface area (Å²) in [7, 11) is 0. The fourth-order valence-electron chi connectivity index (χ4n) is 2.35. The first-order valence-corrected chi connectivity index (χ1v) is 7.28. The summed E-state index contributed by atoms with van der Waals surface area (Å²) in [5.41, 5.74) is 7.60. The third-order valence-electron chi connectivity index (χ3n) is 3.81. The molecule has 1 atom stereocenters. The van der Waals surface area contributed by atoms with Crippen LogP contribution < -0.4 is 5.73 Å². The van der Waals surface area contributed by atoms with Crippen LogP contribution in [0.15, 0.2) is 5.38 Å². The summed E-state index contributed by atoms with van der Waals surface area (Å²) in [5.74, 6) is 0.567. The van der Waals surface area contributed by atoms with Crippen molar-refractivity contribution in [1.29, 1.82) is 0 Å². The summed E-state index contributed by atoms with van der Waals surface area (Å²) >= 11 is 1.76. The summed E-state index contributed by atoms with van der Waals surface area (Å²) in [6.45, 7) is 4.45. The molecule has 0 bridgehead atoms. The fraction of sp³-hybridized carbons (Fsp3) is 0.769. The SMILES string of the molecule is CCC(C)c1csc(C2(N)CCCCC2)n1. The van der Waals surface area contributed by atoms with Crippen LogP contribution in [0.2, 0.25) is 0 Å². The van der Waals surface area contributed by atoms with Crippen molar-refractivity contribution in [2.75, 3.05) is 0 Å². The maximum Gasteiger partial charge on any atom is 0.113 e. The molecule has 1 unspecified atom stereocenters. The normalized spacial score (nSPS) is 21.9. The molecule has 2 nitrogen and oxygen atoms in total. The molecule has 1 aliphatic carbocycles. The molecule has 1 aromatic heterocycles. The zero-order chi connectivity index (χ0) is 11.6. The minimum atomic E-state index is -0.116. The minimum absolute atomic E-state index is 0.116. The van der Waals surface area contributed by atoms with E-state index in [9.17, 15) is 0 Å². The average molecular weight is 238 g/mol. The van der Waals surface area contributed by atoms with Crippen LogP contribution in [-0.2, 0) is 5.54 Å². The van der Waals surface area contributed by atoms with Crippen molar-refractivity contribution in [2.24, 2.45) is 5.73 Å². The Bertz CT molecular complexity index is 339. The van der Waals surface area contributed by atoms with E-state index in [2.05, 4.69) is 19.2 Å². The van der Waals surface area contributed by atoms with Gasteiger partial charge < -0.3 is 5.73 Å². The molecule has 1 heterocycles. The maximum absolute atomic E-state index is 6.48. The zero-order valence-corrected chi connectivity index (χ0v) is 11.1. The lowest BCUT2D eigenvalue weighted by molar-refractivity contribution is 0.301.